The van der Waals surface area contributed by atoms with Crippen LogP contribution in [0.2, 0.25) is 0 Å². The van der Waals surface area contributed by atoms with Crippen LogP contribution in [0, 0.1) is 0 Å². The van der Waals surface area contributed by atoms with Crippen LogP contribution in [0.3, 0.4) is 0 Å². The lowest BCUT2D eigenvalue weighted by molar-refractivity contribution is 0.254. The summed E-state index contributed by atoms with van der Waals surface area (Å²) in [6, 6.07) is 11.5. The number of rotatable bonds is 11. The van der Waals surface area contributed by atoms with Gasteiger partial charge in [-0.25, -0.2) is 14.8 Å². The lowest BCUT2D eigenvalue weighted by Gasteiger charge is -2.24. The zero-order chi connectivity index (χ0) is 28.5. The zero-order valence-electron chi connectivity index (χ0n) is 23.9. The largest absolute Gasteiger partial charge is 0.494 e. The average molecular weight is 533 g/mol. The molecule has 2 amide bonds. The maximum Gasteiger partial charge on any atom is 0.319 e. The van der Waals surface area contributed by atoms with Crippen LogP contribution in [0.1, 0.15) is 30.7 Å². The summed E-state index contributed by atoms with van der Waals surface area (Å²) in [6.45, 7) is 5.77. The highest BCUT2D eigenvalue weighted by Gasteiger charge is 2.19. The first-order chi connectivity index (χ1) is 18.7. The summed E-state index contributed by atoms with van der Waals surface area (Å²) in [4.78, 5) is 25.8. The first-order valence-electron chi connectivity index (χ1n) is 12.9. The molecule has 10 nitrogen and oxygen atoms in total. The third kappa shape index (κ3) is 7.17. The van der Waals surface area contributed by atoms with Crippen LogP contribution in [0.25, 0.3) is 5.57 Å². The molecule has 10 heteroatoms. The zero-order valence-corrected chi connectivity index (χ0v) is 23.9. The Hall–Kier alpha value is -4.31. The average Bonchev–Trinajstić information content (AvgIpc) is 2.93. The van der Waals surface area contributed by atoms with Gasteiger partial charge in [0.05, 0.1) is 41.8 Å². The molecule has 0 aliphatic rings. The first kappa shape index (κ1) is 29.2. The maximum absolute atomic E-state index is 12.2. The normalized spacial score (nSPS) is 11.3. The molecule has 0 atom stereocenters. The van der Waals surface area contributed by atoms with Crippen molar-refractivity contribution in [2.45, 2.75) is 20.3 Å². The Morgan fingerprint density at radius 1 is 1.13 bits per heavy atom. The van der Waals surface area contributed by atoms with Crippen LogP contribution >= 0.6 is 0 Å². The molecule has 208 valence electrons. The fourth-order valence-electron chi connectivity index (χ4n) is 4.21. The number of ether oxygens (including phenoxy) is 1. The van der Waals surface area contributed by atoms with Crippen LogP contribution in [-0.4, -0.2) is 69.3 Å². The molecule has 0 aliphatic heterocycles. The highest BCUT2D eigenvalue weighted by molar-refractivity contribution is 5.94. The quantitative estimate of drug-likeness (QED) is 0.265. The molecule has 0 saturated carbocycles. The number of likely N-dealkylation sites (N-methyl/N-ethyl adjacent to an activating group) is 2. The number of benzene rings is 2. The summed E-state index contributed by atoms with van der Waals surface area (Å²) >= 11 is 0. The van der Waals surface area contributed by atoms with Crippen LogP contribution in [0.15, 0.2) is 48.7 Å². The van der Waals surface area contributed by atoms with Gasteiger partial charge < -0.3 is 36.2 Å². The fraction of sp³-hybridized carbons (Fsp3) is 0.345. The number of carbonyl (C=O) groups excluding carboxylic acids is 1. The Morgan fingerprint density at radius 2 is 1.87 bits per heavy atom. The monoisotopic (exact) mass is 532 g/mol. The molecule has 3 aromatic rings. The highest BCUT2D eigenvalue weighted by Crippen LogP contribution is 2.37. The van der Waals surface area contributed by atoms with E-state index in [-0.39, 0.29) is 6.03 Å². The van der Waals surface area contributed by atoms with Gasteiger partial charge in [0, 0.05) is 38.8 Å². The number of hydrogen-bond donors (Lipinski definition) is 4. The van der Waals surface area contributed by atoms with Crippen molar-refractivity contribution >= 4 is 40.3 Å². The van der Waals surface area contributed by atoms with Crippen molar-refractivity contribution in [1.29, 1.82) is 0 Å². The molecule has 1 aromatic heterocycles. The number of aryl methyl sites for hydroxylation is 1. The number of allylic oxidation sites excluding steroid dienone is 1. The fourth-order valence-corrected chi connectivity index (χ4v) is 4.21. The predicted octanol–water partition coefficient (Wildman–Crippen LogP) is 4.57. The second-order valence-corrected chi connectivity index (χ2v) is 9.33. The predicted molar refractivity (Wildman–Crippen MR) is 161 cm³/mol. The van der Waals surface area contributed by atoms with E-state index in [9.17, 15) is 4.79 Å². The SMILES string of the molecule is C/C=C(\c1ccccc1CC)c1nc(Nc2cc(N)c(N(C)CCN(C)C)cc2OC)ncc1NC(=O)NC. The number of carbonyl (C=O) groups is 1. The van der Waals surface area contributed by atoms with Crippen molar-refractivity contribution < 1.29 is 9.53 Å². The standard InChI is InChI=1S/C29H40N8O2/c1-8-19-12-10-11-13-21(19)20(9-2)27-24(34-29(38)31-3)18-32-28(35-27)33-23-16-22(30)25(17-26(23)39-7)37(6)15-14-36(4)5/h9-13,16-18H,8,14-15,30H2,1-7H3,(H2,31,34,38)(H,32,33,35)/b20-9+. The topological polar surface area (TPSA) is 121 Å². The number of urea groups is 1. The third-order valence-electron chi connectivity index (χ3n) is 6.39. The molecule has 1 heterocycles. The van der Waals surface area contributed by atoms with Gasteiger partial charge >= 0.3 is 6.03 Å². The number of nitrogens with one attached hydrogen (secondary N) is 3. The molecule has 0 unspecified atom stereocenters. The maximum atomic E-state index is 12.2. The van der Waals surface area contributed by atoms with Crippen LogP contribution in [0.5, 0.6) is 5.75 Å². The number of aromatic nitrogens is 2. The summed E-state index contributed by atoms with van der Waals surface area (Å²) in [5.74, 6) is 0.948. The van der Waals surface area contributed by atoms with E-state index in [0.29, 0.717) is 34.5 Å². The van der Waals surface area contributed by atoms with Crippen LogP contribution in [-0.2, 0) is 6.42 Å². The van der Waals surface area contributed by atoms with E-state index in [2.05, 4.69) is 49.8 Å². The molecule has 0 aliphatic carbocycles. The molecule has 2 aromatic carbocycles. The molecular formula is C29H40N8O2. The molecule has 0 spiro atoms. The van der Waals surface area contributed by atoms with E-state index in [1.807, 2.05) is 58.4 Å². The number of methoxy groups -OCH3 is 1. The lowest BCUT2D eigenvalue weighted by atomic mass is 9.95. The van der Waals surface area contributed by atoms with Crippen molar-refractivity contribution in [2.24, 2.45) is 0 Å². The van der Waals surface area contributed by atoms with Crippen molar-refractivity contribution in [3.8, 4) is 5.75 Å². The van der Waals surface area contributed by atoms with Gasteiger partial charge in [-0.1, -0.05) is 37.3 Å². The van der Waals surface area contributed by atoms with E-state index in [0.717, 1.165) is 36.3 Å². The minimum Gasteiger partial charge on any atom is -0.494 e. The second-order valence-electron chi connectivity index (χ2n) is 9.33. The van der Waals surface area contributed by atoms with Crippen molar-refractivity contribution in [3.05, 3.63) is 65.5 Å². The van der Waals surface area contributed by atoms with Crippen LogP contribution < -0.4 is 31.3 Å². The third-order valence-corrected chi connectivity index (χ3v) is 6.39. The Kier molecular flexibility index (Phi) is 10.1. The molecule has 0 radical (unpaired) electrons. The first-order valence-corrected chi connectivity index (χ1v) is 12.9. The summed E-state index contributed by atoms with van der Waals surface area (Å²) in [5.41, 5.74) is 12.7. The summed E-state index contributed by atoms with van der Waals surface area (Å²) in [7, 11) is 9.25. The van der Waals surface area contributed by atoms with Crippen molar-refractivity contribution in [1.82, 2.24) is 20.2 Å². The van der Waals surface area contributed by atoms with Gasteiger partial charge in [-0.15, -0.1) is 0 Å². The van der Waals surface area contributed by atoms with Crippen LogP contribution in [0.4, 0.5) is 33.5 Å². The number of nitrogens with zero attached hydrogens (tertiary/aromatic N) is 4. The van der Waals surface area contributed by atoms with Crippen molar-refractivity contribution in [2.75, 3.05) is 69.7 Å². The molecule has 5 N–H and O–H groups in total. The highest BCUT2D eigenvalue weighted by atomic mass is 16.5. The van der Waals surface area contributed by atoms with E-state index in [4.69, 9.17) is 15.5 Å². The molecular weight excluding hydrogens is 492 g/mol. The Bertz CT molecular complexity index is 1320. The van der Waals surface area contributed by atoms with Crippen molar-refractivity contribution in [3.63, 3.8) is 0 Å². The number of anilines is 5. The van der Waals surface area contributed by atoms with Gasteiger partial charge in [0.15, 0.2) is 0 Å². The molecule has 0 saturated heterocycles. The summed E-state index contributed by atoms with van der Waals surface area (Å²) in [5, 5.41) is 8.70. The van der Waals surface area contributed by atoms with E-state index in [1.54, 1.807) is 20.4 Å². The minimum absolute atomic E-state index is 0.340. The van der Waals surface area contributed by atoms with E-state index >= 15 is 0 Å². The lowest BCUT2D eigenvalue weighted by Crippen LogP contribution is -2.29. The smallest absolute Gasteiger partial charge is 0.319 e. The number of nitrogens with two attached hydrogens (primary N) is 1. The van der Waals surface area contributed by atoms with Gasteiger partial charge in [0.25, 0.3) is 0 Å². The number of nitrogen functional groups attached to an aromatic ring is 1. The Morgan fingerprint density at radius 3 is 2.51 bits per heavy atom. The molecule has 0 fully saturated rings. The summed E-state index contributed by atoms with van der Waals surface area (Å²) < 4.78 is 5.69. The van der Waals surface area contributed by atoms with Gasteiger partial charge in [-0.05, 0) is 44.6 Å². The Labute approximate surface area is 231 Å². The van der Waals surface area contributed by atoms with Gasteiger partial charge in [-0.2, -0.15) is 0 Å². The molecule has 39 heavy (non-hydrogen) atoms. The van der Waals surface area contributed by atoms with Gasteiger partial charge in [0.2, 0.25) is 5.95 Å². The van der Waals surface area contributed by atoms with Gasteiger partial charge in [0.1, 0.15) is 5.75 Å². The molecule has 3 rings (SSSR count). The molecule has 0 bridgehead atoms. The summed E-state index contributed by atoms with van der Waals surface area (Å²) in [6.07, 6.45) is 4.44. The van der Waals surface area contributed by atoms with E-state index in [1.165, 1.54) is 5.56 Å². The van der Waals surface area contributed by atoms with Gasteiger partial charge in [-0.3, -0.25) is 0 Å². The Balaban J connectivity index is 2.04. The number of hydrogen-bond acceptors (Lipinski definition) is 8. The minimum atomic E-state index is -0.358. The number of amides is 2. The second kappa shape index (κ2) is 13.5. The van der Waals surface area contributed by atoms with E-state index < -0.39 is 0 Å².